The number of rotatable bonds is 14. The van der Waals surface area contributed by atoms with Crippen molar-refractivity contribution in [1.82, 2.24) is 4.72 Å². The number of hydrogen-bond acceptors (Lipinski definition) is 8. The normalized spacial score (nSPS) is 22.6. The highest BCUT2D eigenvalue weighted by Crippen LogP contribution is 2.30. The summed E-state index contributed by atoms with van der Waals surface area (Å²) in [6.45, 7) is 1.42. The lowest BCUT2D eigenvalue weighted by molar-refractivity contribution is -0.554. The highest BCUT2D eigenvalue weighted by atomic mass is 32.2. The molecule has 0 aliphatic heterocycles. The van der Waals surface area contributed by atoms with Crippen molar-refractivity contribution in [3.8, 4) is 0 Å². The van der Waals surface area contributed by atoms with Gasteiger partial charge in [0.1, 0.15) is 0 Å². The summed E-state index contributed by atoms with van der Waals surface area (Å²) in [5.74, 6) is 0. The number of allylic oxidation sites excluding steroid dienone is 2. The Labute approximate surface area is 153 Å². The Bertz CT molecular complexity index is 592. The molecule has 0 saturated heterocycles. The van der Waals surface area contributed by atoms with Gasteiger partial charge in [0.15, 0.2) is 5.25 Å². The van der Waals surface area contributed by atoms with E-state index in [1.807, 2.05) is 0 Å². The molecule has 0 bridgehead atoms. The summed E-state index contributed by atoms with van der Waals surface area (Å²) in [5, 5.41) is 18.9. The average Bonchev–Trinajstić information content (AvgIpc) is 2.63. The first-order valence-corrected chi connectivity index (χ1v) is 9.72. The predicted octanol–water partition coefficient (Wildman–Crippen LogP) is -0.522. The molecule has 0 fully saturated rings. The molecule has 0 amide bonds. The number of aliphatic hydroxyl groups excluding tert-OH is 1. The molecule has 1 rings (SSSR count). The fourth-order valence-electron chi connectivity index (χ4n) is 2.47. The second kappa shape index (κ2) is 11.4. The van der Waals surface area contributed by atoms with Gasteiger partial charge in [-0.15, -0.1) is 0 Å². The maximum atomic E-state index is 12.2. The first kappa shape index (κ1) is 22.7. The number of hydrogen-bond donors (Lipinski definition) is 2. The van der Waals surface area contributed by atoms with Gasteiger partial charge in [-0.05, 0) is 13.1 Å². The number of aliphatic hydroxyl groups is 1. The van der Waals surface area contributed by atoms with Crippen LogP contribution in [0.5, 0.6) is 0 Å². The average molecular weight is 394 g/mol. The quantitative estimate of drug-likeness (QED) is 0.228. The van der Waals surface area contributed by atoms with E-state index in [0.717, 1.165) is 0 Å². The number of nitrogens with zero attached hydrogens (tertiary/aromatic N) is 1. The van der Waals surface area contributed by atoms with Gasteiger partial charge < -0.3 is 19.3 Å². The van der Waals surface area contributed by atoms with Crippen molar-refractivity contribution in [1.29, 1.82) is 0 Å². The van der Waals surface area contributed by atoms with Crippen LogP contribution in [0.25, 0.3) is 0 Å². The van der Waals surface area contributed by atoms with Gasteiger partial charge in [0.2, 0.25) is 10.0 Å². The Balaban J connectivity index is 2.47. The van der Waals surface area contributed by atoms with E-state index in [0.29, 0.717) is 13.2 Å². The van der Waals surface area contributed by atoms with Gasteiger partial charge in [-0.1, -0.05) is 18.2 Å². The molecule has 2 unspecified atom stereocenters. The van der Waals surface area contributed by atoms with E-state index in [4.69, 9.17) is 19.3 Å². The molecule has 1 aliphatic rings. The minimum atomic E-state index is -3.88. The second-order valence-electron chi connectivity index (χ2n) is 5.47. The van der Waals surface area contributed by atoms with Gasteiger partial charge >= 0.3 is 0 Å². The lowest BCUT2D eigenvalue weighted by Crippen LogP contribution is -2.54. The minimum Gasteiger partial charge on any atom is -0.394 e. The molecule has 0 radical (unpaired) electrons. The van der Waals surface area contributed by atoms with Crippen LogP contribution in [0.2, 0.25) is 0 Å². The zero-order valence-electron chi connectivity index (χ0n) is 14.7. The monoisotopic (exact) mass is 394 g/mol. The third-order valence-electron chi connectivity index (χ3n) is 3.86. The number of nitro groups is 1. The Morgan fingerprint density at radius 1 is 1.12 bits per heavy atom. The largest absolute Gasteiger partial charge is 0.394 e. The molecule has 26 heavy (non-hydrogen) atoms. The summed E-state index contributed by atoms with van der Waals surface area (Å²) < 4.78 is 42.1. The summed E-state index contributed by atoms with van der Waals surface area (Å²) in [5.41, 5.74) is -1.78. The highest BCUT2D eigenvalue weighted by Gasteiger charge is 2.53. The van der Waals surface area contributed by atoms with Crippen LogP contribution in [0, 0.1) is 10.1 Å². The molecule has 10 nitrogen and oxygen atoms in total. The van der Waals surface area contributed by atoms with Crippen molar-refractivity contribution in [2.24, 2.45) is 0 Å². The fourth-order valence-corrected chi connectivity index (χ4v) is 3.84. The van der Waals surface area contributed by atoms with Crippen molar-refractivity contribution in [3.05, 3.63) is 34.4 Å². The van der Waals surface area contributed by atoms with E-state index in [9.17, 15) is 18.5 Å². The SMILES string of the molecule is CNS(=O)(=O)C1C=CC=CC1(CCOCCOCCOCCO)[N+](=O)[O-]. The molecule has 1 aliphatic carbocycles. The number of ether oxygens (including phenoxy) is 3. The highest BCUT2D eigenvalue weighted by molar-refractivity contribution is 7.90. The van der Waals surface area contributed by atoms with E-state index >= 15 is 0 Å². The molecule has 2 atom stereocenters. The first-order chi connectivity index (χ1) is 12.4. The standard InChI is InChI=1S/C15H26N2O8S/c1-16-26(21,22)14-4-2-3-5-15(14,17(19)20)6-8-23-10-12-25-13-11-24-9-7-18/h2-5,14,16,18H,6-13H2,1H3. The lowest BCUT2D eigenvalue weighted by Gasteiger charge is -2.29. The van der Waals surface area contributed by atoms with Crippen LogP contribution >= 0.6 is 0 Å². The van der Waals surface area contributed by atoms with Crippen molar-refractivity contribution < 1.29 is 32.7 Å². The van der Waals surface area contributed by atoms with Crippen LogP contribution < -0.4 is 4.72 Å². The van der Waals surface area contributed by atoms with Crippen LogP contribution in [0.1, 0.15) is 6.42 Å². The van der Waals surface area contributed by atoms with Crippen molar-refractivity contribution in [2.75, 3.05) is 53.3 Å². The van der Waals surface area contributed by atoms with Gasteiger partial charge in [0, 0.05) is 11.3 Å². The molecular weight excluding hydrogens is 368 g/mol. The molecule has 0 spiro atoms. The molecule has 0 aromatic carbocycles. The van der Waals surface area contributed by atoms with E-state index in [2.05, 4.69) is 4.72 Å². The molecule has 0 heterocycles. The van der Waals surface area contributed by atoms with Crippen molar-refractivity contribution in [3.63, 3.8) is 0 Å². The number of nitrogens with one attached hydrogen (secondary N) is 1. The minimum absolute atomic E-state index is 0.0132. The maximum absolute atomic E-state index is 12.2. The molecule has 0 aromatic heterocycles. The van der Waals surface area contributed by atoms with Crippen molar-refractivity contribution in [2.45, 2.75) is 17.2 Å². The van der Waals surface area contributed by atoms with Crippen LogP contribution in [0.3, 0.4) is 0 Å². The zero-order valence-corrected chi connectivity index (χ0v) is 15.5. The van der Waals surface area contributed by atoms with E-state index < -0.39 is 25.7 Å². The maximum Gasteiger partial charge on any atom is 0.264 e. The fraction of sp³-hybridized carbons (Fsp3) is 0.733. The Kier molecular flexibility index (Phi) is 9.91. The first-order valence-electron chi connectivity index (χ1n) is 8.17. The van der Waals surface area contributed by atoms with Crippen LogP contribution in [0.15, 0.2) is 24.3 Å². The summed E-state index contributed by atoms with van der Waals surface area (Å²) in [7, 11) is -2.65. The Morgan fingerprint density at radius 2 is 1.69 bits per heavy atom. The summed E-state index contributed by atoms with van der Waals surface area (Å²) in [6.07, 6.45) is 5.47. The molecule has 0 aromatic rings. The van der Waals surface area contributed by atoms with Gasteiger partial charge in [-0.2, -0.15) is 0 Å². The zero-order chi connectivity index (χ0) is 19.5. The van der Waals surface area contributed by atoms with E-state index in [1.54, 1.807) is 0 Å². The Morgan fingerprint density at radius 3 is 2.23 bits per heavy atom. The third-order valence-corrected chi connectivity index (χ3v) is 5.66. The second-order valence-corrected chi connectivity index (χ2v) is 7.48. The van der Waals surface area contributed by atoms with Crippen molar-refractivity contribution >= 4 is 10.0 Å². The van der Waals surface area contributed by atoms with E-state index in [-0.39, 0.29) is 39.5 Å². The number of sulfonamides is 1. The summed E-state index contributed by atoms with van der Waals surface area (Å²) >= 11 is 0. The molecule has 0 saturated carbocycles. The van der Waals surface area contributed by atoms with E-state index in [1.165, 1.54) is 31.4 Å². The third kappa shape index (κ3) is 6.41. The van der Waals surface area contributed by atoms with Gasteiger partial charge in [0.05, 0.1) is 46.2 Å². The lowest BCUT2D eigenvalue weighted by atomic mass is 9.88. The molecule has 11 heteroatoms. The molecule has 2 N–H and O–H groups in total. The Hall–Kier alpha value is -1.37. The van der Waals surface area contributed by atoms with Crippen LogP contribution in [0.4, 0.5) is 0 Å². The topological polar surface area (TPSA) is 137 Å². The summed E-state index contributed by atoms with van der Waals surface area (Å²) in [4.78, 5) is 11.1. The van der Waals surface area contributed by atoms with Crippen LogP contribution in [-0.4, -0.2) is 82.5 Å². The summed E-state index contributed by atoms with van der Waals surface area (Å²) in [6, 6.07) is 0. The molecular formula is C15H26N2O8S. The van der Waals surface area contributed by atoms with Crippen LogP contribution in [-0.2, 0) is 24.2 Å². The molecule has 150 valence electrons. The predicted molar refractivity (Wildman–Crippen MR) is 93.9 cm³/mol. The van der Waals surface area contributed by atoms with Gasteiger partial charge in [-0.25, -0.2) is 13.1 Å². The van der Waals surface area contributed by atoms with Gasteiger partial charge in [-0.3, -0.25) is 10.1 Å². The smallest absolute Gasteiger partial charge is 0.264 e. The van der Waals surface area contributed by atoms with Gasteiger partial charge in [0.25, 0.3) is 5.54 Å².